The Bertz CT molecular complexity index is 895. The van der Waals surface area contributed by atoms with E-state index in [0.29, 0.717) is 30.0 Å². The molecule has 0 radical (unpaired) electrons. The molecule has 23 heavy (non-hydrogen) atoms. The van der Waals surface area contributed by atoms with Gasteiger partial charge >= 0.3 is 5.97 Å². The number of hydrogen-bond acceptors (Lipinski definition) is 4. The van der Waals surface area contributed by atoms with Gasteiger partial charge in [-0.15, -0.1) is 0 Å². The van der Waals surface area contributed by atoms with E-state index in [-0.39, 0.29) is 0 Å². The van der Waals surface area contributed by atoms with Crippen LogP contribution in [0.25, 0.3) is 28.5 Å². The lowest BCUT2D eigenvalue weighted by Crippen LogP contribution is -1.97. The number of para-hydroxylation sites is 1. The predicted molar refractivity (Wildman–Crippen MR) is 84.3 cm³/mol. The van der Waals surface area contributed by atoms with Crippen molar-refractivity contribution in [3.05, 3.63) is 48.2 Å². The lowest BCUT2D eigenvalue weighted by Gasteiger charge is -1.94. The average Bonchev–Trinajstić information content (AvgIpc) is 3.14. The summed E-state index contributed by atoms with van der Waals surface area (Å²) in [6.07, 6.45) is 4.56. The highest BCUT2D eigenvalue weighted by Crippen LogP contribution is 2.29. The van der Waals surface area contributed by atoms with Gasteiger partial charge in [-0.1, -0.05) is 18.2 Å². The highest BCUT2D eigenvalue weighted by Gasteiger charge is 2.14. The van der Waals surface area contributed by atoms with Gasteiger partial charge in [0.25, 0.3) is 0 Å². The Morgan fingerprint density at radius 2 is 2.26 bits per heavy atom. The van der Waals surface area contributed by atoms with E-state index in [1.54, 1.807) is 10.9 Å². The topological polar surface area (TPSA) is 92.0 Å². The van der Waals surface area contributed by atoms with Gasteiger partial charge in [-0.3, -0.25) is 4.68 Å². The zero-order valence-electron chi connectivity index (χ0n) is 12.1. The number of rotatable bonds is 5. The molecule has 1 N–H and O–H groups in total. The molecule has 2 aromatic heterocycles. The van der Waals surface area contributed by atoms with Crippen LogP contribution in [0.15, 0.2) is 47.0 Å². The average molecular weight is 307 g/mol. The number of carboxylic acid groups (broad SMARTS) is 1. The van der Waals surface area contributed by atoms with Crippen LogP contribution in [0.2, 0.25) is 0 Å². The van der Waals surface area contributed by atoms with Gasteiger partial charge in [0, 0.05) is 23.2 Å². The molecular weight excluding hydrogens is 294 g/mol. The maximum atomic E-state index is 10.8. The van der Waals surface area contributed by atoms with E-state index in [0.717, 1.165) is 17.0 Å². The largest absolute Gasteiger partial charge is 0.478 e. The second-order valence-corrected chi connectivity index (χ2v) is 4.92. The van der Waals surface area contributed by atoms with E-state index in [2.05, 4.69) is 11.2 Å². The molecule has 0 amide bonds. The first-order valence-corrected chi connectivity index (χ1v) is 7.02. The molecule has 6 heteroatoms. The van der Waals surface area contributed by atoms with Crippen molar-refractivity contribution < 1.29 is 14.3 Å². The maximum Gasteiger partial charge on any atom is 0.328 e. The Morgan fingerprint density at radius 3 is 3.00 bits per heavy atom. The van der Waals surface area contributed by atoms with E-state index < -0.39 is 5.97 Å². The number of nitrogens with zero attached hydrogens (tertiary/aromatic N) is 3. The van der Waals surface area contributed by atoms with Gasteiger partial charge in [-0.05, 0) is 18.2 Å². The number of nitriles is 1. The second kappa shape index (κ2) is 6.20. The summed E-state index contributed by atoms with van der Waals surface area (Å²) in [4.78, 5) is 10.8. The molecule has 3 aromatic rings. The molecule has 0 saturated heterocycles. The van der Waals surface area contributed by atoms with E-state index in [9.17, 15) is 4.79 Å². The van der Waals surface area contributed by atoms with Crippen LogP contribution < -0.4 is 0 Å². The lowest BCUT2D eigenvalue weighted by atomic mass is 10.2. The maximum absolute atomic E-state index is 10.8. The number of carbonyl (C=O) groups is 1. The molecule has 6 nitrogen and oxygen atoms in total. The molecule has 1 aromatic carbocycles. The first-order chi connectivity index (χ1) is 11.2. The quantitative estimate of drug-likeness (QED) is 0.730. The van der Waals surface area contributed by atoms with E-state index in [1.807, 2.05) is 30.3 Å². The number of benzene rings is 1. The predicted octanol–water partition coefficient (Wildman–Crippen LogP) is 3.31. The van der Waals surface area contributed by atoms with E-state index >= 15 is 0 Å². The molecule has 2 heterocycles. The van der Waals surface area contributed by atoms with E-state index in [1.165, 1.54) is 6.08 Å². The van der Waals surface area contributed by atoms with Crippen LogP contribution in [0.3, 0.4) is 0 Å². The molecular formula is C17H13N3O3. The van der Waals surface area contributed by atoms with Crippen molar-refractivity contribution in [3.8, 4) is 17.5 Å². The Kier molecular flexibility index (Phi) is 3.93. The Labute approximate surface area is 131 Å². The summed E-state index contributed by atoms with van der Waals surface area (Å²) < 4.78 is 7.42. The minimum atomic E-state index is -1.04. The van der Waals surface area contributed by atoms with Crippen LogP contribution in [0.1, 0.15) is 12.0 Å². The summed E-state index contributed by atoms with van der Waals surface area (Å²) in [5.41, 5.74) is 1.92. The summed E-state index contributed by atoms with van der Waals surface area (Å²) in [7, 11) is 0. The first kappa shape index (κ1) is 14.6. The summed E-state index contributed by atoms with van der Waals surface area (Å²) in [5.74, 6) is -0.475. The number of hydrogen-bond donors (Lipinski definition) is 1. The highest BCUT2D eigenvalue weighted by molar-refractivity contribution is 5.88. The van der Waals surface area contributed by atoms with Gasteiger partial charge in [-0.25, -0.2) is 4.79 Å². The number of furan rings is 1. The lowest BCUT2D eigenvalue weighted by molar-refractivity contribution is -0.131. The monoisotopic (exact) mass is 307 g/mol. The summed E-state index contributed by atoms with van der Waals surface area (Å²) in [5, 5.41) is 22.9. The minimum Gasteiger partial charge on any atom is -0.478 e. The van der Waals surface area contributed by atoms with Crippen LogP contribution in [0, 0.1) is 11.3 Å². The third kappa shape index (κ3) is 3.14. The van der Waals surface area contributed by atoms with Crippen LogP contribution in [-0.2, 0) is 11.3 Å². The molecule has 114 valence electrons. The number of aliphatic carboxylic acids is 1. The van der Waals surface area contributed by atoms with Crippen molar-refractivity contribution in [1.82, 2.24) is 9.78 Å². The van der Waals surface area contributed by atoms with Gasteiger partial charge in [0.05, 0.1) is 19.0 Å². The van der Waals surface area contributed by atoms with Gasteiger partial charge < -0.3 is 9.52 Å². The molecule has 0 bridgehead atoms. The smallest absolute Gasteiger partial charge is 0.328 e. The third-order valence-corrected chi connectivity index (χ3v) is 3.31. The van der Waals surface area contributed by atoms with Crippen molar-refractivity contribution in [2.45, 2.75) is 13.0 Å². The van der Waals surface area contributed by atoms with Gasteiger partial charge in [0.15, 0.2) is 5.76 Å². The normalized spacial score (nSPS) is 11.1. The zero-order chi connectivity index (χ0) is 16.2. The van der Waals surface area contributed by atoms with Crippen LogP contribution in [0.4, 0.5) is 0 Å². The molecule has 0 aliphatic carbocycles. The molecule has 0 atom stereocenters. The molecule has 0 spiro atoms. The van der Waals surface area contributed by atoms with Crippen molar-refractivity contribution in [3.63, 3.8) is 0 Å². The Morgan fingerprint density at radius 1 is 1.43 bits per heavy atom. The summed E-state index contributed by atoms with van der Waals surface area (Å²) >= 11 is 0. The second-order valence-electron chi connectivity index (χ2n) is 4.92. The third-order valence-electron chi connectivity index (χ3n) is 3.31. The van der Waals surface area contributed by atoms with Crippen molar-refractivity contribution in [1.29, 1.82) is 5.26 Å². The van der Waals surface area contributed by atoms with E-state index in [4.69, 9.17) is 14.8 Å². The zero-order valence-corrected chi connectivity index (χ0v) is 12.1. The van der Waals surface area contributed by atoms with Crippen LogP contribution >= 0.6 is 0 Å². The summed E-state index contributed by atoms with van der Waals surface area (Å²) in [6.45, 7) is 0.435. The van der Waals surface area contributed by atoms with Crippen molar-refractivity contribution in [2.75, 3.05) is 0 Å². The van der Waals surface area contributed by atoms with Crippen molar-refractivity contribution >= 4 is 23.0 Å². The minimum absolute atomic E-state index is 0.323. The van der Waals surface area contributed by atoms with Gasteiger partial charge in [0.1, 0.15) is 11.3 Å². The molecule has 0 fully saturated rings. The van der Waals surface area contributed by atoms with Gasteiger partial charge in [0.2, 0.25) is 0 Å². The fourth-order valence-electron chi connectivity index (χ4n) is 2.29. The first-order valence-electron chi connectivity index (χ1n) is 7.02. The van der Waals surface area contributed by atoms with Gasteiger partial charge in [-0.2, -0.15) is 10.4 Å². The Hall–Kier alpha value is -3.33. The molecule has 0 aliphatic rings. The SMILES string of the molecule is N#CCCn1cc(C=CC(=O)O)c(-c2cc3ccccc3o2)n1. The van der Waals surface area contributed by atoms with Crippen molar-refractivity contribution in [2.24, 2.45) is 0 Å². The van der Waals surface area contributed by atoms with Crippen LogP contribution in [0.5, 0.6) is 0 Å². The number of aryl methyl sites for hydroxylation is 1. The highest BCUT2D eigenvalue weighted by atomic mass is 16.4. The molecule has 3 rings (SSSR count). The Balaban J connectivity index is 2.06. The number of carboxylic acids is 1. The summed E-state index contributed by atoms with van der Waals surface area (Å²) in [6, 6.07) is 11.5. The molecule has 0 unspecified atom stereocenters. The fraction of sp³-hybridized carbons (Fsp3) is 0.118. The fourth-order valence-corrected chi connectivity index (χ4v) is 2.29. The molecule has 0 saturated carbocycles. The standard InChI is InChI=1S/C17H13N3O3/c18-8-3-9-20-11-13(6-7-16(21)22)17(19-20)15-10-12-4-1-2-5-14(12)23-15/h1-2,4-7,10-11H,3,9H2,(H,21,22). The van der Waals surface area contributed by atoms with Crippen LogP contribution in [-0.4, -0.2) is 20.9 Å². The number of aromatic nitrogens is 2. The molecule has 0 aliphatic heterocycles. The number of fused-ring (bicyclic) bond motifs is 1.